The topological polar surface area (TPSA) is 95.2 Å². The number of hydrogen-bond donors (Lipinski definition) is 1. The average Bonchev–Trinajstić information content (AvgIpc) is 2.84. The van der Waals surface area contributed by atoms with Gasteiger partial charge in [0.15, 0.2) is 5.58 Å². The number of hydrogen-bond acceptors (Lipinski definition) is 5. The highest BCUT2D eigenvalue weighted by molar-refractivity contribution is 6.34. The molecule has 0 radical (unpaired) electrons. The van der Waals surface area contributed by atoms with Gasteiger partial charge < -0.3 is 10.2 Å². The number of nitrogens with zero attached hydrogens (tertiary/aromatic N) is 2. The Bertz CT molecular complexity index is 829. The van der Waals surface area contributed by atoms with Crippen molar-refractivity contribution in [3.05, 3.63) is 51.5 Å². The van der Waals surface area contributed by atoms with E-state index in [4.69, 9.17) is 21.8 Å². The summed E-state index contributed by atoms with van der Waals surface area (Å²) in [5, 5.41) is 11.3. The van der Waals surface area contributed by atoms with Crippen LogP contribution in [0.3, 0.4) is 0 Å². The minimum absolute atomic E-state index is 0.0906. The summed E-state index contributed by atoms with van der Waals surface area (Å²) < 4.78 is 5.55. The van der Waals surface area contributed by atoms with E-state index in [1.807, 2.05) is 0 Å². The molecule has 0 unspecified atom stereocenters. The summed E-state index contributed by atoms with van der Waals surface area (Å²) in [6.45, 7) is 0. The average molecular weight is 290 g/mol. The summed E-state index contributed by atoms with van der Waals surface area (Å²) in [7, 11) is 0. The van der Waals surface area contributed by atoms with Crippen LogP contribution >= 0.6 is 11.6 Å². The van der Waals surface area contributed by atoms with Gasteiger partial charge in [0.1, 0.15) is 11.2 Å². The number of fused-ring (bicyclic) bond motifs is 1. The molecule has 3 rings (SSSR count). The summed E-state index contributed by atoms with van der Waals surface area (Å²) in [6, 6.07) is 9.57. The van der Waals surface area contributed by atoms with Crippen molar-refractivity contribution in [2.24, 2.45) is 0 Å². The zero-order valence-corrected chi connectivity index (χ0v) is 10.8. The van der Waals surface area contributed by atoms with Crippen LogP contribution in [0.15, 0.2) is 40.8 Å². The molecule has 0 amide bonds. The van der Waals surface area contributed by atoms with Crippen molar-refractivity contribution in [2.75, 3.05) is 5.73 Å². The Kier molecular flexibility index (Phi) is 2.80. The molecule has 0 spiro atoms. The first-order valence-electron chi connectivity index (χ1n) is 5.65. The van der Waals surface area contributed by atoms with E-state index in [1.54, 1.807) is 24.3 Å². The van der Waals surface area contributed by atoms with Crippen molar-refractivity contribution in [3.8, 4) is 11.5 Å². The molecule has 1 aromatic heterocycles. The molecule has 0 bridgehead atoms. The third-order valence-electron chi connectivity index (χ3n) is 2.84. The standard InChI is InChI=1S/C13H8ClN3O3/c14-8-2-1-3-10-12(8)20-13(16-10)7-4-5-9(15)11(6-7)17(18)19/h1-6H,15H2. The first-order chi connectivity index (χ1) is 9.56. The lowest BCUT2D eigenvalue weighted by Crippen LogP contribution is -1.95. The van der Waals surface area contributed by atoms with Gasteiger partial charge in [-0.2, -0.15) is 0 Å². The van der Waals surface area contributed by atoms with Crippen LogP contribution < -0.4 is 5.73 Å². The maximum Gasteiger partial charge on any atom is 0.292 e. The molecular formula is C13H8ClN3O3. The smallest absolute Gasteiger partial charge is 0.292 e. The Labute approximate surface area is 117 Å². The Hall–Kier alpha value is -2.60. The second-order valence-corrected chi connectivity index (χ2v) is 4.55. The minimum Gasteiger partial charge on any atom is -0.435 e. The molecule has 0 aliphatic carbocycles. The fourth-order valence-electron chi connectivity index (χ4n) is 1.87. The van der Waals surface area contributed by atoms with Crippen molar-refractivity contribution >= 4 is 34.1 Å². The van der Waals surface area contributed by atoms with E-state index in [1.165, 1.54) is 12.1 Å². The van der Waals surface area contributed by atoms with Gasteiger partial charge in [-0.15, -0.1) is 0 Å². The fourth-order valence-corrected chi connectivity index (χ4v) is 2.08. The van der Waals surface area contributed by atoms with Crippen molar-refractivity contribution in [2.45, 2.75) is 0 Å². The van der Waals surface area contributed by atoms with E-state index in [9.17, 15) is 10.1 Å². The quantitative estimate of drug-likeness (QED) is 0.441. The van der Waals surface area contributed by atoms with Crippen molar-refractivity contribution in [3.63, 3.8) is 0 Å². The number of nitro groups is 1. The Morgan fingerprint density at radius 2 is 2.10 bits per heavy atom. The number of nitrogen functional groups attached to an aromatic ring is 1. The van der Waals surface area contributed by atoms with E-state index in [-0.39, 0.29) is 17.3 Å². The van der Waals surface area contributed by atoms with E-state index in [0.29, 0.717) is 21.7 Å². The van der Waals surface area contributed by atoms with E-state index >= 15 is 0 Å². The summed E-state index contributed by atoms with van der Waals surface area (Å²) >= 11 is 6.00. The highest BCUT2D eigenvalue weighted by atomic mass is 35.5. The number of oxazole rings is 1. The zero-order valence-electron chi connectivity index (χ0n) is 10.0. The monoisotopic (exact) mass is 289 g/mol. The highest BCUT2D eigenvalue weighted by Gasteiger charge is 2.16. The van der Waals surface area contributed by atoms with Gasteiger partial charge in [0.2, 0.25) is 5.89 Å². The number of para-hydroxylation sites is 1. The lowest BCUT2D eigenvalue weighted by atomic mass is 10.2. The molecule has 0 fully saturated rings. The van der Waals surface area contributed by atoms with Crippen LogP contribution in [0.4, 0.5) is 11.4 Å². The lowest BCUT2D eigenvalue weighted by molar-refractivity contribution is -0.383. The van der Waals surface area contributed by atoms with E-state index < -0.39 is 4.92 Å². The van der Waals surface area contributed by atoms with Crippen molar-refractivity contribution in [1.29, 1.82) is 0 Å². The molecule has 0 atom stereocenters. The zero-order chi connectivity index (χ0) is 14.3. The Balaban J connectivity index is 2.18. The predicted octanol–water partition coefficient (Wildman–Crippen LogP) is 3.64. The molecule has 7 heteroatoms. The lowest BCUT2D eigenvalue weighted by Gasteiger charge is -1.99. The second kappa shape index (κ2) is 4.50. The normalized spacial score (nSPS) is 10.8. The molecule has 0 aliphatic heterocycles. The summed E-state index contributed by atoms with van der Waals surface area (Å²) in [5.41, 5.74) is 6.97. The number of nitrogens with two attached hydrogens (primary N) is 1. The summed E-state index contributed by atoms with van der Waals surface area (Å²) in [5.74, 6) is 0.260. The Morgan fingerprint density at radius 1 is 1.30 bits per heavy atom. The molecule has 6 nitrogen and oxygen atoms in total. The minimum atomic E-state index is -0.547. The molecule has 3 aromatic rings. The van der Waals surface area contributed by atoms with Crippen molar-refractivity contribution < 1.29 is 9.34 Å². The number of anilines is 1. The summed E-state index contributed by atoms with van der Waals surface area (Å²) in [6.07, 6.45) is 0. The number of nitro benzene ring substituents is 1. The van der Waals surface area contributed by atoms with E-state index in [2.05, 4.69) is 4.98 Å². The van der Waals surface area contributed by atoms with Crippen molar-refractivity contribution in [1.82, 2.24) is 4.98 Å². The molecule has 1 heterocycles. The van der Waals surface area contributed by atoms with Gasteiger partial charge >= 0.3 is 0 Å². The molecule has 0 saturated heterocycles. The highest BCUT2D eigenvalue weighted by Crippen LogP contribution is 2.32. The largest absolute Gasteiger partial charge is 0.435 e. The number of rotatable bonds is 2. The van der Waals surface area contributed by atoms with Gasteiger partial charge in [-0.1, -0.05) is 17.7 Å². The molecule has 20 heavy (non-hydrogen) atoms. The van der Waals surface area contributed by atoms with Crippen LogP contribution in [0.5, 0.6) is 0 Å². The van der Waals surface area contributed by atoms with Crippen LogP contribution in [-0.4, -0.2) is 9.91 Å². The SMILES string of the molecule is Nc1ccc(-c2nc3cccc(Cl)c3o2)cc1[N+](=O)[O-]. The maximum absolute atomic E-state index is 10.9. The predicted molar refractivity (Wildman–Crippen MR) is 75.5 cm³/mol. The van der Waals surface area contributed by atoms with Gasteiger partial charge in [-0.25, -0.2) is 4.98 Å². The first-order valence-corrected chi connectivity index (χ1v) is 6.03. The molecule has 0 saturated carbocycles. The Morgan fingerprint density at radius 3 is 2.80 bits per heavy atom. The summed E-state index contributed by atoms with van der Waals surface area (Å²) in [4.78, 5) is 14.6. The first kappa shape index (κ1) is 12.4. The molecule has 100 valence electrons. The van der Waals surface area contributed by atoms with Gasteiger partial charge in [0.25, 0.3) is 5.69 Å². The third-order valence-corrected chi connectivity index (χ3v) is 3.14. The second-order valence-electron chi connectivity index (χ2n) is 4.14. The molecular weight excluding hydrogens is 282 g/mol. The number of halogens is 1. The van der Waals surface area contributed by atoms with Crippen LogP contribution in [0.1, 0.15) is 0 Å². The van der Waals surface area contributed by atoms with Gasteiger partial charge in [0.05, 0.1) is 9.95 Å². The van der Waals surface area contributed by atoms with Crippen LogP contribution in [0, 0.1) is 10.1 Å². The van der Waals surface area contributed by atoms with Gasteiger partial charge in [-0.3, -0.25) is 10.1 Å². The maximum atomic E-state index is 10.9. The van der Waals surface area contributed by atoms with Gasteiger partial charge in [-0.05, 0) is 24.3 Å². The molecule has 0 aliphatic rings. The molecule has 2 aromatic carbocycles. The van der Waals surface area contributed by atoms with Gasteiger partial charge in [0, 0.05) is 11.6 Å². The van der Waals surface area contributed by atoms with Crippen LogP contribution in [0.25, 0.3) is 22.6 Å². The van der Waals surface area contributed by atoms with Crippen LogP contribution in [-0.2, 0) is 0 Å². The van der Waals surface area contributed by atoms with E-state index in [0.717, 1.165) is 0 Å². The molecule has 2 N–H and O–H groups in total. The number of aromatic nitrogens is 1. The number of benzene rings is 2. The fraction of sp³-hybridized carbons (Fsp3) is 0. The van der Waals surface area contributed by atoms with Crippen LogP contribution in [0.2, 0.25) is 5.02 Å². The third kappa shape index (κ3) is 1.96.